The Labute approximate surface area is 104 Å². The van der Waals surface area contributed by atoms with E-state index in [9.17, 15) is 22.4 Å². The van der Waals surface area contributed by atoms with Crippen LogP contribution in [0.3, 0.4) is 0 Å². The molecule has 0 bridgehead atoms. The first-order chi connectivity index (χ1) is 7.75. The maximum Gasteiger partial charge on any atom is 0.431 e. The number of alkyl halides is 4. The minimum absolute atomic E-state index is 0.0121. The number of unbranched alkanes of at least 4 members (excludes halogenated alkanes) is 5. The molecular formula is C11H17ClF4O. The summed E-state index contributed by atoms with van der Waals surface area (Å²) in [6.45, 7) is 2.02. The Hall–Kier alpha value is -0.320. The predicted molar refractivity (Wildman–Crippen MR) is 58.7 cm³/mol. The van der Waals surface area contributed by atoms with Gasteiger partial charge < -0.3 is 0 Å². The van der Waals surface area contributed by atoms with Crippen molar-refractivity contribution in [1.29, 1.82) is 0 Å². The monoisotopic (exact) mass is 276 g/mol. The second kappa shape index (κ2) is 7.19. The average molecular weight is 277 g/mol. The fourth-order valence-electron chi connectivity index (χ4n) is 1.50. The second-order valence-electron chi connectivity index (χ2n) is 4.09. The van der Waals surface area contributed by atoms with Crippen molar-refractivity contribution >= 4 is 16.8 Å². The highest BCUT2D eigenvalue weighted by atomic mass is 35.5. The maximum atomic E-state index is 13.4. The van der Waals surface area contributed by atoms with E-state index in [1.165, 1.54) is 0 Å². The largest absolute Gasteiger partial charge is 0.431 e. The Morgan fingerprint density at radius 2 is 1.47 bits per heavy atom. The highest BCUT2D eigenvalue weighted by Gasteiger charge is 2.60. The Balaban J connectivity index is 4.09. The van der Waals surface area contributed by atoms with Crippen LogP contribution in [0.5, 0.6) is 0 Å². The number of halogens is 5. The summed E-state index contributed by atoms with van der Waals surface area (Å²) in [7, 11) is 0. The van der Waals surface area contributed by atoms with Gasteiger partial charge in [-0.2, -0.15) is 13.2 Å². The third-order valence-corrected chi connectivity index (χ3v) is 2.94. The average Bonchev–Trinajstić information content (AvgIpc) is 2.20. The number of rotatable bonds is 8. The SMILES string of the molecule is CCCCCCCCC(F)(C(=O)Cl)C(F)(F)F. The van der Waals surface area contributed by atoms with Gasteiger partial charge in [0.25, 0.3) is 10.9 Å². The molecule has 0 aliphatic carbocycles. The molecule has 0 aromatic rings. The van der Waals surface area contributed by atoms with Crippen molar-refractivity contribution in [1.82, 2.24) is 0 Å². The lowest BCUT2D eigenvalue weighted by atomic mass is 9.98. The van der Waals surface area contributed by atoms with Gasteiger partial charge in [0.05, 0.1) is 0 Å². The first kappa shape index (κ1) is 16.7. The van der Waals surface area contributed by atoms with Gasteiger partial charge in [-0.25, -0.2) is 4.39 Å². The van der Waals surface area contributed by atoms with Crippen LogP contribution in [-0.2, 0) is 4.79 Å². The van der Waals surface area contributed by atoms with Crippen LogP contribution >= 0.6 is 11.6 Å². The van der Waals surface area contributed by atoms with E-state index in [4.69, 9.17) is 11.6 Å². The molecule has 0 amide bonds. The minimum Gasteiger partial charge on any atom is -0.277 e. The molecule has 0 aromatic carbocycles. The smallest absolute Gasteiger partial charge is 0.277 e. The van der Waals surface area contributed by atoms with E-state index < -0.39 is 23.5 Å². The van der Waals surface area contributed by atoms with Crippen molar-refractivity contribution < 1.29 is 22.4 Å². The normalized spacial score (nSPS) is 15.6. The van der Waals surface area contributed by atoms with Crippen LogP contribution in [-0.4, -0.2) is 17.1 Å². The summed E-state index contributed by atoms with van der Waals surface area (Å²) in [6, 6.07) is 0. The molecule has 0 radical (unpaired) electrons. The molecule has 1 unspecified atom stereocenters. The van der Waals surface area contributed by atoms with Crippen molar-refractivity contribution in [3.63, 3.8) is 0 Å². The molecule has 0 aliphatic heterocycles. The number of carbonyl (C=O) groups excluding carboxylic acids is 1. The third kappa shape index (κ3) is 5.23. The van der Waals surface area contributed by atoms with Crippen LogP contribution in [0.25, 0.3) is 0 Å². The molecule has 0 aliphatic rings. The molecule has 0 rings (SSSR count). The highest BCUT2D eigenvalue weighted by molar-refractivity contribution is 6.65. The summed E-state index contributed by atoms with van der Waals surface area (Å²) in [6.07, 6.45) is -1.93. The highest BCUT2D eigenvalue weighted by Crippen LogP contribution is 2.39. The fourth-order valence-corrected chi connectivity index (χ4v) is 1.70. The quantitative estimate of drug-likeness (QED) is 0.354. The van der Waals surface area contributed by atoms with E-state index in [0.717, 1.165) is 25.7 Å². The number of hydrogen-bond donors (Lipinski definition) is 0. The lowest BCUT2D eigenvalue weighted by Gasteiger charge is -2.23. The van der Waals surface area contributed by atoms with Crippen molar-refractivity contribution in [2.24, 2.45) is 0 Å². The van der Waals surface area contributed by atoms with Gasteiger partial charge in [0, 0.05) is 0 Å². The topological polar surface area (TPSA) is 17.1 Å². The molecule has 1 nitrogen and oxygen atoms in total. The Bertz CT molecular complexity index is 242. The first-order valence-corrected chi connectivity index (χ1v) is 6.09. The zero-order chi connectivity index (χ0) is 13.5. The van der Waals surface area contributed by atoms with Crippen molar-refractivity contribution in [3.05, 3.63) is 0 Å². The van der Waals surface area contributed by atoms with Gasteiger partial charge in [0.2, 0.25) is 0 Å². The maximum absolute atomic E-state index is 13.4. The van der Waals surface area contributed by atoms with E-state index in [1.807, 2.05) is 6.92 Å². The first-order valence-electron chi connectivity index (χ1n) is 5.71. The summed E-state index contributed by atoms with van der Waals surface area (Å²) >= 11 is 4.70. The molecule has 0 heterocycles. The van der Waals surface area contributed by atoms with Gasteiger partial charge in [-0.3, -0.25) is 4.79 Å². The minimum atomic E-state index is -5.23. The van der Waals surface area contributed by atoms with Crippen LogP contribution < -0.4 is 0 Å². The van der Waals surface area contributed by atoms with E-state index in [2.05, 4.69) is 0 Å². The zero-order valence-electron chi connectivity index (χ0n) is 9.75. The molecule has 0 spiro atoms. The molecular weight excluding hydrogens is 260 g/mol. The van der Waals surface area contributed by atoms with E-state index >= 15 is 0 Å². The number of carbonyl (C=O) groups is 1. The van der Waals surface area contributed by atoms with Crippen molar-refractivity contribution in [2.75, 3.05) is 0 Å². The van der Waals surface area contributed by atoms with Crippen LogP contribution in [0.4, 0.5) is 17.6 Å². The molecule has 0 saturated carbocycles. The summed E-state index contributed by atoms with van der Waals surface area (Å²) in [5.74, 6) is 0. The van der Waals surface area contributed by atoms with E-state index in [-0.39, 0.29) is 6.42 Å². The van der Waals surface area contributed by atoms with E-state index in [0.29, 0.717) is 6.42 Å². The number of hydrogen-bond acceptors (Lipinski definition) is 1. The Kier molecular flexibility index (Phi) is 7.05. The Morgan fingerprint density at radius 3 is 1.88 bits per heavy atom. The van der Waals surface area contributed by atoms with Gasteiger partial charge in [-0.05, 0) is 24.4 Å². The zero-order valence-corrected chi connectivity index (χ0v) is 10.5. The van der Waals surface area contributed by atoms with Crippen LogP contribution in [0.1, 0.15) is 51.9 Å². The molecule has 102 valence electrons. The molecule has 0 N–H and O–H groups in total. The van der Waals surface area contributed by atoms with Gasteiger partial charge in [0.1, 0.15) is 0 Å². The van der Waals surface area contributed by atoms with Gasteiger partial charge in [-0.15, -0.1) is 0 Å². The molecule has 17 heavy (non-hydrogen) atoms. The van der Waals surface area contributed by atoms with E-state index in [1.54, 1.807) is 0 Å². The summed E-state index contributed by atoms with van der Waals surface area (Å²) in [5, 5.41) is -1.97. The van der Waals surface area contributed by atoms with Crippen molar-refractivity contribution in [3.8, 4) is 0 Å². The van der Waals surface area contributed by atoms with Crippen LogP contribution in [0.2, 0.25) is 0 Å². The lowest BCUT2D eigenvalue weighted by molar-refractivity contribution is -0.223. The van der Waals surface area contributed by atoms with Crippen molar-refractivity contribution in [2.45, 2.75) is 63.7 Å². The van der Waals surface area contributed by atoms with Gasteiger partial charge >= 0.3 is 6.18 Å². The fraction of sp³-hybridized carbons (Fsp3) is 0.909. The predicted octanol–water partition coefficient (Wildman–Crippen LogP) is 4.77. The summed E-state index contributed by atoms with van der Waals surface area (Å²) in [4.78, 5) is 10.5. The second-order valence-corrected chi connectivity index (χ2v) is 4.43. The summed E-state index contributed by atoms with van der Waals surface area (Å²) in [5.41, 5.74) is -3.89. The third-order valence-electron chi connectivity index (χ3n) is 2.64. The lowest BCUT2D eigenvalue weighted by Crippen LogP contribution is -2.46. The standard InChI is InChI=1S/C11H17ClF4O/c1-2-3-4-5-6-7-8-10(13,9(12)17)11(14,15)16/h2-8H2,1H3. The Morgan fingerprint density at radius 1 is 1.00 bits per heavy atom. The van der Waals surface area contributed by atoms with Crippen LogP contribution in [0.15, 0.2) is 0 Å². The molecule has 0 fully saturated rings. The van der Waals surface area contributed by atoms with Crippen LogP contribution in [0, 0.1) is 0 Å². The molecule has 1 atom stereocenters. The molecule has 6 heteroatoms. The molecule has 0 saturated heterocycles. The van der Waals surface area contributed by atoms with Gasteiger partial charge in [0.15, 0.2) is 0 Å². The van der Waals surface area contributed by atoms with Gasteiger partial charge in [-0.1, -0.05) is 39.0 Å². The summed E-state index contributed by atoms with van der Waals surface area (Å²) < 4.78 is 50.3. The molecule has 0 aromatic heterocycles.